The van der Waals surface area contributed by atoms with Crippen LogP contribution in [0.4, 0.5) is 4.39 Å². The number of benzene rings is 1. The summed E-state index contributed by atoms with van der Waals surface area (Å²) in [5, 5.41) is 4.92. The summed E-state index contributed by atoms with van der Waals surface area (Å²) in [6.07, 6.45) is 2.91. The minimum absolute atomic E-state index is 0.0341. The molecule has 1 aromatic rings. The van der Waals surface area contributed by atoms with Gasteiger partial charge < -0.3 is 4.90 Å². The van der Waals surface area contributed by atoms with Crippen molar-refractivity contribution in [3.8, 4) is 0 Å². The zero-order chi connectivity index (χ0) is 15.4. The van der Waals surface area contributed by atoms with E-state index in [1.54, 1.807) is 4.90 Å². The number of sulfonamides is 1. The minimum Gasteiger partial charge on any atom is -0.335 e. The summed E-state index contributed by atoms with van der Waals surface area (Å²) >= 11 is 5.80. The molecule has 114 valence electrons. The monoisotopic (exact) mass is 332 g/mol. The largest absolute Gasteiger partial charge is 0.335 e. The molecule has 1 aliphatic carbocycles. The summed E-state index contributed by atoms with van der Waals surface area (Å²) in [5.74, 6) is -1.19. The quantitative estimate of drug-likeness (QED) is 0.896. The van der Waals surface area contributed by atoms with E-state index in [0.29, 0.717) is 12.5 Å². The molecule has 8 heteroatoms. The Hall–Kier alpha value is -1.18. The molecule has 3 rings (SSSR count). The number of hydrogen-bond acceptors (Lipinski definition) is 3. The van der Waals surface area contributed by atoms with Crippen LogP contribution in [0, 0.1) is 11.7 Å². The number of nitrogens with zero attached hydrogens (tertiary/aromatic N) is 1. The van der Waals surface area contributed by atoms with E-state index in [1.165, 1.54) is 0 Å². The molecule has 2 fully saturated rings. The van der Waals surface area contributed by atoms with Crippen LogP contribution in [0.3, 0.4) is 0 Å². The number of carbonyl (C=O) groups excluding carboxylic acids is 1. The maximum atomic E-state index is 14.3. The average Bonchev–Trinajstić information content (AvgIpc) is 3.01. The van der Waals surface area contributed by atoms with Gasteiger partial charge in [-0.05, 0) is 37.3 Å². The van der Waals surface area contributed by atoms with E-state index in [9.17, 15) is 17.6 Å². The van der Waals surface area contributed by atoms with Gasteiger partial charge in [0.2, 0.25) is 10.0 Å². The molecule has 0 radical (unpaired) electrons. The fraction of sp³-hybridized carbons (Fsp3) is 0.462. The Morgan fingerprint density at radius 3 is 2.62 bits per heavy atom. The first-order valence-electron chi connectivity index (χ1n) is 6.60. The smallest absolute Gasteiger partial charge is 0.257 e. The first kappa shape index (κ1) is 14.7. The Kier molecular flexibility index (Phi) is 3.46. The predicted octanol–water partition coefficient (Wildman–Crippen LogP) is 1.75. The lowest BCUT2D eigenvalue weighted by atomic mass is 10.1. The van der Waals surface area contributed by atoms with Gasteiger partial charge in [0.25, 0.3) is 5.91 Å². The topological polar surface area (TPSA) is 80.5 Å². The lowest BCUT2D eigenvalue weighted by Gasteiger charge is -2.27. The van der Waals surface area contributed by atoms with Gasteiger partial charge in [0, 0.05) is 17.6 Å². The van der Waals surface area contributed by atoms with E-state index in [-0.39, 0.29) is 16.6 Å². The molecule has 1 amide bonds. The molecule has 1 saturated carbocycles. The van der Waals surface area contributed by atoms with Crippen LogP contribution in [0.15, 0.2) is 17.0 Å². The summed E-state index contributed by atoms with van der Waals surface area (Å²) in [5.41, 5.74) is -0.334. The predicted molar refractivity (Wildman–Crippen MR) is 74.9 cm³/mol. The number of likely N-dealkylation sites (tertiary alicyclic amines) is 1. The highest BCUT2D eigenvalue weighted by molar-refractivity contribution is 7.89. The highest BCUT2D eigenvalue weighted by atomic mass is 35.5. The van der Waals surface area contributed by atoms with Gasteiger partial charge in [0.15, 0.2) is 5.82 Å². The number of nitrogens with two attached hydrogens (primary N) is 1. The second-order valence-electron chi connectivity index (χ2n) is 5.60. The summed E-state index contributed by atoms with van der Waals surface area (Å²) < 4.78 is 37.1. The third-order valence-corrected chi connectivity index (χ3v) is 5.34. The van der Waals surface area contributed by atoms with Crippen molar-refractivity contribution in [3.63, 3.8) is 0 Å². The Balaban J connectivity index is 2.03. The van der Waals surface area contributed by atoms with Crippen LogP contribution in [0.5, 0.6) is 0 Å². The molecular weight excluding hydrogens is 319 g/mol. The number of carbonyl (C=O) groups is 1. The number of halogens is 2. The van der Waals surface area contributed by atoms with Crippen molar-refractivity contribution in [1.82, 2.24) is 4.90 Å². The zero-order valence-corrected chi connectivity index (χ0v) is 12.6. The number of primary sulfonamides is 1. The van der Waals surface area contributed by atoms with E-state index in [2.05, 4.69) is 0 Å². The second-order valence-corrected chi connectivity index (χ2v) is 7.57. The third-order valence-electron chi connectivity index (χ3n) is 4.21. The maximum absolute atomic E-state index is 14.3. The molecule has 2 bridgehead atoms. The lowest BCUT2D eigenvalue weighted by Crippen LogP contribution is -2.38. The maximum Gasteiger partial charge on any atom is 0.257 e. The third kappa shape index (κ3) is 2.54. The number of piperidine rings is 1. The van der Waals surface area contributed by atoms with E-state index in [1.807, 2.05) is 0 Å². The van der Waals surface area contributed by atoms with Gasteiger partial charge >= 0.3 is 0 Å². The van der Waals surface area contributed by atoms with Crippen LogP contribution >= 0.6 is 11.6 Å². The molecule has 0 spiro atoms. The van der Waals surface area contributed by atoms with Crippen molar-refractivity contribution in [2.75, 3.05) is 6.54 Å². The standard InChI is InChI=1S/C13H14ClFN2O3S/c14-8-4-10(12(15)11(5-8)21(16,19)20)13(18)17-6-7-1-2-9(17)3-7/h4-5,7,9H,1-3,6H2,(H2,16,19,20). The van der Waals surface area contributed by atoms with Crippen LogP contribution < -0.4 is 5.14 Å². The number of amides is 1. The molecule has 1 aliphatic heterocycles. The lowest BCUT2D eigenvalue weighted by molar-refractivity contribution is 0.0698. The molecule has 2 atom stereocenters. The Bertz CT molecular complexity index is 722. The Morgan fingerprint density at radius 1 is 1.38 bits per heavy atom. The Labute approximate surface area is 126 Å². The van der Waals surface area contributed by atoms with Gasteiger partial charge in [-0.2, -0.15) is 0 Å². The zero-order valence-electron chi connectivity index (χ0n) is 11.1. The number of rotatable bonds is 2. The molecule has 21 heavy (non-hydrogen) atoms. The van der Waals surface area contributed by atoms with E-state index >= 15 is 0 Å². The van der Waals surface area contributed by atoms with Crippen molar-refractivity contribution in [1.29, 1.82) is 0 Å². The molecule has 0 aromatic heterocycles. The Morgan fingerprint density at radius 2 is 2.10 bits per heavy atom. The minimum atomic E-state index is -4.28. The fourth-order valence-electron chi connectivity index (χ4n) is 3.26. The summed E-state index contributed by atoms with van der Waals surface area (Å²) in [4.78, 5) is 13.3. The van der Waals surface area contributed by atoms with E-state index in [4.69, 9.17) is 16.7 Å². The highest BCUT2D eigenvalue weighted by Gasteiger charge is 2.41. The van der Waals surface area contributed by atoms with E-state index < -0.39 is 26.6 Å². The SMILES string of the molecule is NS(=O)(=O)c1cc(Cl)cc(C(=O)N2CC3CCC2C3)c1F. The molecule has 2 unspecified atom stereocenters. The van der Waals surface area contributed by atoms with Gasteiger partial charge in [-0.25, -0.2) is 17.9 Å². The molecule has 2 N–H and O–H groups in total. The van der Waals surface area contributed by atoms with Crippen LogP contribution in [0.25, 0.3) is 0 Å². The van der Waals surface area contributed by atoms with Crippen LogP contribution in [-0.4, -0.2) is 31.8 Å². The van der Waals surface area contributed by atoms with Gasteiger partial charge in [-0.1, -0.05) is 11.6 Å². The molecule has 5 nitrogen and oxygen atoms in total. The van der Waals surface area contributed by atoms with E-state index in [0.717, 1.165) is 31.4 Å². The van der Waals surface area contributed by atoms with Crippen molar-refractivity contribution in [2.24, 2.45) is 11.1 Å². The average molecular weight is 333 g/mol. The first-order valence-corrected chi connectivity index (χ1v) is 8.52. The fourth-order valence-corrected chi connectivity index (χ4v) is 4.19. The van der Waals surface area contributed by atoms with Crippen molar-refractivity contribution in [2.45, 2.75) is 30.2 Å². The molecule has 1 heterocycles. The summed E-state index contributed by atoms with van der Waals surface area (Å²) in [7, 11) is -4.28. The van der Waals surface area contributed by atoms with Crippen LogP contribution in [-0.2, 0) is 10.0 Å². The molecule has 2 aliphatic rings. The van der Waals surface area contributed by atoms with Crippen molar-refractivity contribution < 1.29 is 17.6 Å². The first-order chi connectivity index (χ1) is 9.77. The van der Waals surface area contributed by atoms with Gasteiger partial charge in [-0.15, -0.1) is 0 Å². The summed E-state index contributed by atoms with van der Waals surface area (Å²) in [6.45, 7) is 0.583. The second kappa shape index (κ2) is 4.93. The molecule has 1 aromatic carbocycles. The van der Waals surface area contributed by atoms with Crippen LogP contribution in [0.2, 0.25) is 5.02 Å². The number of hydrogen-bond donors (Lipinski definition) is 1. The highest BCUT2D eigenvalue weighted by Crippen LogP contribution is 2.38. The van der Waals surface area contributed by atoms with Crippen molar-refractivity contribution in [3.05, 3.63) is 28.5 Å². The van der Waals surface area contributed by atoms with Crippen molar-refractivity contribution >= 4 is 27.5 Å². The van der Waals surface area contributed by atoms with Gasteiger partial charge in [0.05, 0.1) is 5.56 Å². The summed E-state index contributed by atoms with van der Waals surface area (Å²) in [6, 6.07) is 2.18. The van der Waals surface area contributed by atoms with Gasteiger partial charge in [-0.3, -0.25) is 4.79 Å². The molecular formula is C13H14ClFN2O3S. The van der Waals surface area contributed by atoms with Gasteiger partial charge in [0.1, 0.15) is 4.90 Å². The normalized spacial score (nSPS) is 24.6. The van der Waals surface area contributed by atoms with Crippen LogP contribution in [0.1, 0.15) is 29.6 Å². The number of fused-ring (bicyclic) bond motifs is 2. The molecule has 1 saturated heterocycles.